The van der Waals surface area contributed by atoms with Gasteiger partial charge < -0.3 is 20.1 Å². The normalized spacial score (nSPS) is 17.3. The SMILES string of the molecule is COc1cc(NS(=O)(=O)c2ccccc2Cl)cnc1CCc1cnc(N[C@H]2CC[C@H](NC(=O)OC(C)(C)C)CC2)nc1. The molecule has 3 aromatic rings. The molecule has 13 heteroatoms. The molecular formula is C29H37ClN6O5S. The maximum absolute atomic E-state index is 12.8. The number of halogens is 1. The summed E-state index contributed by atoms with van der Waals surface area (Å²) < 4.78 is 38.9. The van der Waals surface area contributed by atoms with Crippen LogP contribution in [0.2, 0.25) is 5.02 Å². The summed E-state index contributed by atoms with van der Waals surface area (Å²) in [7, 11) is -2.38. The number of pyridine rings is 1. The fourth-order valence-corrected chi connectivity index (χ4v) is 6.18. The van der Waals surface area contributed by atoms with Crippen molar-refractivity contribution < 1.29 is 22.7 Å². The second-order valence-corrected chi connectivity index (χ2v) is 13.2. The first-order valence-electron chi connectivity index (χ1n) is 13.8. The third-order valence-electron chi connectivity index (χ3n) is 6.67. The number of methoxy groups -OCH3 is 1. The van der Waals surface area contributed by atoms with Crippen molar-refractivity contribution in [2.24, 2.45) is 0 Å². The quantitative estimate of drug-likeness (QED) is 0.274. The molecule has 0 bridgehead atoms. The van der Waals surface area contributed by atoms with Crippen LogP contribution in [-0.4, -0.2) is 54.3 Å². The minimum absolute atomic E-state index is 0.0180. The number of carbonyl (C=O) groups is 1. The van der Waals surface area contributed by atoms with Crippen molar-refractivity contribution in [3.05, 3.63) is 65.2 Å². The maximum Gasteiger partial charge on any atom is 0.407 e. The predicted molar refractivity (Wildman–Crippen MR) is 162 cm³/mol. The highest BCUT2D eigenvalue weighted by Crippen LogP contribution is 2.27. The molecule has 0 spiro atoms. The van der Waals surface area contributed by atoms with E-state index in [4.69, 9.17) is 21.1 Å². The zero-order valence-corrected chi connectivity index (χ0v) is 25.8. The van der Waals surface area contributed by atoms with Crippen LogP contribution < -0.4 is 20.1 Å². The van der Waals surface area contributed by atoms with Crippen LogP contribution in [0.1, 0.15) is 57.7 Å². The van der Waals surface area contributed by atoms with Crippen LogP contribution in [0.15, 0.2) is 53.8 Å². The van der Waals surface area contributed by atoms with Crippen molar-refractivity contribution in [2.45, 2.75) is 81.9 Å². The Morgan fingerprint density at radius 1 is 1.00 bits per heavy atom. The van der Waals surface area contributed by atoms with Gasteiger partial charge in [-0.05, 0) is 77.0 Å². The summed E-state index contributed by atoms with van der Waals surface area (Å²) in [5.74, 6) is 1.03. The number of anilines is 2. The third kappa shape index (κ3) is 8.93. The number of nitrogens with one attached hydrogen (secondary N) is 3. The number of aromatic nitrogens is 3. The monoisotopic (exact) mass is 616 g/mol. The number of alkyl carbamates (subject to hydrolysis) is 1. The largest absolute Gasteiger partial charge is 0.495 e. The van der Waals surface area contributed by atoms with Crippen LogP contribution in [0, 0.1) is 0 Å². The van der Waals surface area contributed by atoms with Crippen LogP contribution in [-0.2, 0) is 27.6 Å². The van der Waals surface area contributed by atoms with Crippen LogP contribution in [0.4, 0.5) is 16.4 Å². The number of ether oxygens (including phenoxy) is 2. The molecule has 0 radical (unpaired) electrons. The maximum atomic E-state index is 12.8. The molecule has 4 rings (SSSR count). The number of hydrogen-bond donors (Lipinski definition) is 3. The van der Waals surface area contributed by atoms with Gasteiger partial charge in [-0.1, -0.05) is 23.7 Å². The van der Waals surface area contributed by atoms with Crippen LogP contribution in [0.5, 0.6) is 5.75 Å². The van der Waals surface area contributed by atoms with E-state index >= 15 is 0 Å². The first kappa shape index (κ1) is 31.3. The van der Waals surface area contributed by atoms with E-state index in [0.29, 0.717) is 30.2 Å². The van der Waals surface area contributed by atoms with Gasteiger partial charge in [-0.25, -0.2) is 23.2 Å². The van der Waals surface area contributed by atoms with E-state index in [-0.39, 0.29) is 33.8 Å². The fraction of sp³-hybridized carbons (Fsp3) is 0.448. The summed E-state index contributed by atoms with van der Waals surface area (Å²) in [5, 5.41) is 6.47. The van der Waals surface area contributed by atoms with Crippen LogP contribution >= 0.6 is 11.6 Å². The smallest absolute Gasteiger partial charge is 0.407 e. The second-order valence-electron chi connectivity index (χ2n) is 11.2. The van der Waals surface area contributed by atoms with Gasteiger partial charge in [0.25, 0.3) is 10.0 Å². The van der Waals surface area contributed by atoms with Gasteiger partial charge in [0, 0.05) is 30.5 Å². The van der Waals surface area contributed by atoms with E-state index in [9.17, 15) is 13.2 Å². The van der Waals surface area contributed by atoms with E-state index < -0.39 is 15.6 Å². The summed E-state index contributed by atoms with van der Waals surface area (Å²) in [6.07, 6.45) is 9.29. The average Bonchev–Trinajstić information content (AvgIpc) is 2.93. The van der Waals surface area contributed by atoms with Crippen molar-refractivity contribution in [3.8, 4) is 5.75 Å². The molecular weight excluding hydrogens is 580 g/mol. The molecule has 2 aromatic heterocycles. The standard InChI is InChI=1S/C29H37ClN6O5S/c1-29(2,3)41-28(37)35-21-12-10-20(11-13-21)34-27-32-16-19(17-33-27)9-14-24-25(40-4)15-22(18-31-24)36-42(38,39)26-8-6-5-7-23(26)30/h5-8,15-18,20-21,36H,9-14H2,1-4H3,(H,35,37)(H,32,33,34)/t20-,21-. The summed E-state index contributed by atoms with van der Waals surface area (Å²) >= 11 is 6.06. The Labute approximate surface area is 251 Å². The molecule has 1 aliphatic rings. The van der Waals surface area contributed by atoms with Gasteiger partial charge >= 0.3 is 6.09 Å². The number of benzene rings is 1. The number of rotatable bonds is 10. The summed E-state index contributed by atoms with van der Waals surface area (Å²) in [4.78, 5) is 25.4. The molecule has 226 valence electrons. The molecule has 0 aliphatic heterocycles. The summed E-state index contributed by atoms with van der Waals surface area (Å²) in [6, 6.07) is 8.15. The molecule has 1 amide bonds. The van der Waals surface area contributed by atoms with E-state index in [2.05, 4.69) is 30.3 Å². The molecule has 11 nitrogen and oxygen atoms in total. The topological polar surface area (TPSA) is 144 Å². The number of hydrogen-bond acceptors (Lipinski definition) is 9. The van der Waals surface area contributed by atoms with Crippen LogP contribution in [0.3, 0.4) is 0 Å². The van der Waals surface area contributed by atoms with Gasteiger partial charge in [0.2, 0.25) is 5.95 Å². The lowest BCUT2D eigenvalue weighted by Gasteiger charge is -2.30. The second kappa shape index (κ2) is 13.6. The lowest BCUT2D eigenvalue weighted by Crippen LogP contribution is -2.42. The molecule has 42 heavy (non-hydrogen) atoms. The van der Waals surface area contributed by atoms with E-state index in [0.717, 1.165) is 31.2 Å². The number of aryl methyl sites for hydroxylation is 2. The van der Waals surface area contributed by atoms with Crippen molar-refractivity contribution in [1.29, 1.82) is 0 Å². The van der Waals surface area contributed by atoms with Crippen molar-refractivity contribution in [3.63, 3.8) is 0 Å². The van der Waals surface area contributed by atoms with Gasteiger partial charge in [-0.3, -0.25) is 9.71 Å². The highest BCUT2D eigenvalue weighted by Gasteiger charge is 2.25. The molecule has 1 saturated carbocycles. The number of nitrogens with zero attached hydrogens (tertiary/aromatic N) is 3. The van der Waals surface area contributed by atoms with Gasteiger partial charge in [0.05, 0.1) is 29.7 Å². The van der Waals surface area contributed by atoms with Gasteiger partial charge in [-0.15, -0.1) is 0 Å². The number of carbonyl (C=O) groups excluding carboxylic acids is 1. The lowest BCUT2D eigenvalue weighted by molar-refractivity contribution is 0.0492. The molecule has 0 unspecified atom stereocenters. The first-order chi connectivity index (χ1) is 19.9. The van der Waals surface area contributed by atoms with Gasteiger partial charge in [-0.2, -0.15) is 0 Å². The average molecular weight is 617 g/mol. The first-order valence-corrected chi connectivity index (χ1v) is 15.7. The molecule has 1 fully saturated rings. The van der Waals surface area contributed by atoms with Crippen molar-refractivity contribution in [1.82, 2.24) is 20.3 Å². The Balaban J connectivity index is 1.27. The summed E-state index contributed by atoms with van der Waals surface area (Å²) in [5.41, 5.74) is 1.36. The van der Waals surface area contributed by atoms with Gasteiger partial charge in [0.1, 0.15) is 16.2 Å². The molecule has 0 atom stereocenters. The Kier molecular flexibility index (Phi) is 10.1. The Morgan fingerprint density at radius 3 is 2.31 bits per heavy atom. The van der Waals surface area contributed by atoms with E-state index in [1.807, 2.05) is 20.8 Å². The predicted octanol–water partition coefficient (Wildman–Crippen LogP) is 5.37. The minimum atomic E-state index is -3.89. The molecule has 1 aromatic carbocycles. The Bertz CT molecular complexity index is 1470. The molecule has 3 N–H and O–H groups in total. The summed E-state index contributed by atoms with van der Waals surface area (Å²) in [6.45, 7) is 5.55. The zero-order valence-electron chi connectivity index (χ0n) is 24.2. The number of sulfonamides is 1. The lowest BCUT2D eigenvalue weighted by atomic mass is 9.91. The third-order valence-corrected chi connectivity index (χ3v) is 8.55. The Hall–Kier alpha value is -3.64. The highest BCUT2D eigenvalue weighted by atomic mass is 35.5. The van der Waals surface area contributed by atoms with E-state index in [1.165, 1.54) is 25.4 Å². The fourth-order valence-electron chi connectivity index (χ4n) is 4.63. The molecule has 2 heterocycles. The van der Waals surface area contributed by atoms with Crippen LogP contribution in [0.25, 0.3) is 0 Å². The van der Waals surface area contributed by atoms with Crippen molar-refractivity contribution in [2.75, 3.05) is 17.1 Å². The van der Waals surface area contributed by atoms with E-state index in [1.54, 1.807) is 30.6 Å². The number of amides is 1. The Morgan fingerprint density at radius 2 is 1.67 bits per heavy atom. The van der Waals surface area contributed by atoms with Crippen molar-refractivity contribution >= 4 is 39.4 Å². The highest BCUT2D eigenvalue weighted by molar-refractivity contribution is 7.92. The zero-order chi connectivity index (χ0) is 30.3. The van der Waals surface area contributed by atoms with Gasteiger partial charge in [0.15, 0.2) is 0 Å². The molecule has 0 saturated heterocycles. The minimum Gasteiger partial charge on any atom is -0.495 e. The molecule has 1 aliphatic carbocycles.